The second kappa shape index (κ2) is 5.48. The molecule has 0 amide bonds. The summed E-state index contributed by atoms with van der Waals surface area (Å²) in [7, 11) is 0. The third-order valence-electron chi connectivity index (χ3n) is 3.01. The van der Waals surface area contributed by atoms with Crippen LogP contribution in [-0.2, 0) is 0 Å². The summed E-state index contributed by atoms with van der Waals surface area (Å²) in [5.74, 6) is 1.48. The molecule has 100 valence electrons. The molecular weight excluding hydrogens is 254 g/mol. The predicted octanol–water partition coefficient (Wildman–Crippen LogP) is 3.31. The first-order chi connectivity index (χ1) is 9.86. The Kier molecular flexibility index (Phi) is 3.37. The molecule has 4 nitrogen and oxygen atoms in total. The third-order valence-corrected chi connectivity index (χ3v) is 3.01. The first kappa shape index (κ1) is 12.3. The molecule has 0 atom stereocenters. The van der Waals surface area contributed by atoms with Gasteiger partial charge in [-0.05, 0) is 23.8 Å². The lowest BCUT2D eigenvalue weighted by molar-refractivity contribution is 0.174. The van der Waals surface area contributed by atoms with Gasteiger partial charge in [0.05, 0.1) is 0 Å². The van der Waals surface area contributed by atoms with Crippen molar-refractivity contribution in [2.75, 3.05) is 6.79 Å². The van der Waals surface area contributed by atoms with Crippen molar-refractivity contribution in [3.05, 3.63) is 65.7 Å². The summed E-state index contributed by atoms with van der Waals surface area (Å²) in [6.45, 7) is 0.260. The van der Waals surface area contributed by atoms with Crippen molar-refractivity contribution >= 4 is 11.8 Å². The molecule has 3 rings (SSSR count). The highest BCUT2D eigenvalue weighted by Crippen LogP contribution is 2.32. The molecule has 2 aromatic rings. The van der Waals surface area contributed by atoms with Crippen LogP contribution in [0.4, 0.5) is 0 Å². The average Bonchev–Trinajstić information content (AvgIpc) is 2.96. The SMILES string of the molecule is O/N=C(/C=C/c1ccc2c(c1)OCO2)c1ccccc1. The zero-order valence-corrected chi connectivity index (χ0v) is 10.7. The lowest BCUT2D eigenvalue weighted by atomic mass is 10.1. The number of allylic oxidation sites excluding steroid dienone is 1. The molecule has 1 aliphatic heterocycles. The molecule has 4 heteroatoms. The molecule has 1 aliphatic rings. The minimum absolute atomic E-state index is 0.260. The molecule has 0 aliphatic carbocycles. The number of oxime groups is 1. The van der Waals surface area contributed by atoms with Crippen LogP contribution in [-0.4, -0.2) is 17.7 Å². The summed E-state index contributed by atoms with van der Waals surface area (Å²) >= 11 is 0. The maximum absolute atomic E-state index is 9.10. The van der Waals surface area contributed by atoms with Crippen LogP contribution < -0.4 is 9.47 Å². The van der Waals surface area contributed by atoms with Crippen LogP contribution >= 0.6 is 0 Å². The molecular formula is C16H13NO3. The minimum Gasteiger partial charge on any atom is -0.454 e. The van der Waals surface area contributed by atoms with Gasteiger partial charge in [-0.25, -0.2) is 0 Å². The number of rotatable bonds is 3. The van der Waals surface area contributed by atoms with E-state index in [-0.39, 0.29) is 6.79 Å². The third kappa shape index (κ3) is 2.49. The fourth-order valence-corrected chi connectivity index (χ4v) is 1.99. The minimum atomic E-state index is 0.260. The molecule has 0 unspecified atom stereocenters. The first-order valence-electron chi connectivity index (χ1n) is 6.22. The summed E-state index contributed by atoms with van der Waals surface area (Å²) in [6.07, 6.45) is 3.62. The second-order valence-electron chi connectivity index (χ2n) is 4.30. The molecule has 0 fully saturated rings. The standard InChI is InChI=1S/C16H13NO3/c18-17-14(13-4-2-1-3-5-13)8-6-12-7-9-15-16(10-12)20-11-19-15/h1-10,18H,11H2/b8-6+,17-14-. The monoisotopic (exact) mass is 267 g/mol. The summed E-state index contributed by atoms with van der Waals surface area (Å²) in [6, 6.07) is 15.2. The summed E-state index contributed by atoms with van der Waals surface area (Å²) in [4.78, 5) is 0. The quantitative estimate of drug-likeness (QED) is 0.527. The van der Waals surface area contributed by atoms with Crippen molar-refractivity contribution < 1.29 is 14.7 Å². The van der Waals surface area contributed by atoms with Crippen molar-refractivity contribution in [3.8, 4) is 11.5 Å². The topological polar surface area (TPSA) is 51.1 Å². The maximum Gasteiger partial charge on any atom is 0.231 e. The molecule has 0 bridgehead atoms. The number of hydrogen-bond donors (Lipinski definition) is 1. The summed E-state index contributed by atoms with van der Waals surface area (Å²) in [5.41, 5.74) is 2.31. The van der Waals surface area contributed by atoms with E-state index in [9.17, 15) is 0 Å². The maximum atomic E-state index is 9.10. The number of nitrogens with zero attached hydrogens (tertiary/aromatic N) is 1. The number of hydrogen-bond acceptors (Lipinski definition) is 4. The Balaban J connectivity index is 1.83. The average molecular weight is 267 g/mol. The van der Waals surface area contributed by atoms with E-state index in [1.54, 1.807) is 6.08 Å². The van der Waals surface area contributed by atoms with Crippen molar-refractivity contribution in [3.63, 3.8) is 0 Å². The molecule has 0 saturated carbocycles. The Hall–Kier alpha value is -2.75. The van der Waals surface area contributed by atoms with Gasteiger partial charge in [-0.1, -0.05) is 47.6 Å². The van der Waals surface area contributed by atoms with E-state index >= 15 is 0 Å². The van der Waals surface area contributed by atoms with E-state index in [0.29, 0.717) is 5.71 Å². The van der Waals surface area contributed by atoms with Crippen LogP contribution in [0, 0.1) is 0 Å². The van der Waals surface area contributed by atoms with Crippen LogP contribution in [0.15, 0.2) is 59.8 Å². The van der Waals surface area contributed by atoms with E-state index in [0.717, 1.165) is 22.6 Å². The highest BCUT2D eigenvalue weighted by Gasteiger charge is 2.12. The molecule has 2 aromatic carbocycles. The van der Waals surface area contributed by atoms with Gasteiger partial charge >= 0.3 is 0 Å². The van der Waals surface area contributed by atoms with Crippen LogP contribution in [0.1, 0.15) is 11.1 Å². The number of fused-ring (bicyclic) bond motifs is 1. The van der Waals surface area contributed by atoms with Gasteiger partial charge in [-0.3, -0.25) is 0 Å². The van der Waals surface area contributed by atoms with Crippen molar-refractivity contribution in [2.45, 2.75) is 0 Å². The van der Waals surface area contributed by atoms with Gasteiger partial charge < -0.3 is 14.7 Å². The lowest BCUT2D eigenvalue weighted by Crippen LogP contribution is -1.95. The Bertz CT molecular complexity index is 663. The van der Waals surface area contributed by atoms with Gasteiger partial charge in [0, 0.05) is 5.56 Å². The number of benzene rings is 2. The normalized spacial score (nSPS) is 13.9. The Morgan fingerprint density at radius 2 is 1.85 bits per heavy atom. The van der Waals surface area contributed by atoms with Crippen molar-refractivity contribution in [1.82, 2.24) is 0 Å². The number of ether oxygens (including phenoxy) is 2. The molecule has 1 heterocycles. The van der Waals surface area contributed by atoms with Gasteiger partial charge in [0.2, 0.25) is 6.79 Å². The predicted molar refractivity (Wildman–Crippen MR) is 76.4 cm³/mol. The summed E-state index contributed by atoms with van der Waals surface area (Å²) < 4.78 is 10.6. The van der Waals surface area contributed by atoms with Gasteiger partial charge in [0.1, 0.15) is 5.71 Å². The van der Waals surface area contributed by atoms with Crippen LogP contribution in [0.5, 0.6) is 11.5 Å². The fourth-order valence-electron chi connectivity index (χ4n) is 1.99. The molecule has 1 N–H and O–H groups in total. The Labute approximate surface area is 116 Å². The van der Waals surface area contributed by atoms with E-state index in [4.69, 9.17) is 14.7 Å². The van der Waals surface area contributed by atoms with Crippen LogP contribution in [0.3, 0.4) is 0 Å². The highest BCUT2D eigenvalue weighted by molar-refractivity contribution is 6.10. The van der Waals surface area contributed by atoms with Crippen LogP contribution in [0.25, 0.3) is 6.08 Å². The smallest absolute Gasteiger partial charge is 0.231 e. The zero-order chi connectivity index (χ0) is 13.8. The van der Waals surface area contributed by atoms with E-state index in [1.165, 1.54) is 0 Å². The van der Waals surface area contributed by atoms with Crippen molar-refractivity contribution in [1.29, 1.82) is 0 Å². The largest absolute Gasteiger partial charge is 0.454 e. The zero-order valence-electron chi connectivity index (χ0n) is 10.7. The molecule has 0 spiro atoms. The van der Waals surface area contributed by atoms with Crippen LogP contribution in [0.2, 0.25) is 0 Å². The van der Waals surface area contributed by atoms with Crippen molar-refractivity contribution in [2.24, 2.45) is 5.16 Å². The highest BCUT2D eigenvalue weighted by atomic mass is 16.7. The fraction of sp³-hybridized carbons (Fsp3) is 0.0625. The summed E-state index contributed by atoms with van der Waals surface area (Å²) in [5, 5.41) is 12.4. The van der Waals surface area contributed by atoms with Gasteiger partial charge in [-0.15, -0.1) is 0 Å². The van der Waals surface area contributed by atoms with Gasteiger partial charge in [0.15, 0.2) is 11.5 Å². The van der Waals surface area contributed by atoms with E-state index < -0.39 is 0 Å². The molecule has 0 aromatic heterocycles. The Morgan fingerprint density at radius 3 is 2.65 bits per heavy atom. The lowest BCUT2D eigenvalue weighted by Gasteiger charge is -2.00. The second-order valence-corrected chi connectivity index (χ2v) is 4.30. The van der Waals surface area contributed by atoms with E-state index in [2.05, 4.69) is 5.16 Å². The molecule has 0 radical (unpaired) electrons. The molecule has 0 saturated heterocycles. The Morgan fingerprint density at radius 1 is 1.05 bits per heavy atom. The van der Waals surface area contributed by atoms with E-state index in [1.807, 2.05) is 54.6 Å². The van der Waals surface area contributed by atoms with Gasteiger partial charge in [0.25, 0.3) is 0 Å². The molecule has 20 heavy (non-hydrogen) atoms. The van der Waals surface area contributed by atoms with Gasteiger partial charge in [-0.2, -0.15) is 0 Å². The first-order valence-corrected chi connectivity index (χ1v) is 6.22.